The molecule has 1 amide bonds. The third kappa shape index (κ3) is 4.74. The molecule has 0 aliphatic carbocycles. The maximum atomic E-state index is 11.7. The molecule has 112 valence electrons. The van der Waals surface area contributed by atoms with Crippen LogP contribution in [-0.2, 0) is 4.79 Å². The lowest BCUT2D eigenvalue weighted by molar-refractivity contribution is -0.123. The Labute approximate surface area is 120 Å². The van der Waals surface area contributed by atoms with E-state index in [0.29, 0.717) is 11.5 Å². The molecule has 20 heavy (non-hydrogen) atoms. The molecule has 1 rings (SSSR count). The minimum Gasteiger partial charge on any atom is -0.497 e. The lowest BCUT2D eigenvalue weighted by Gasteiger charge is -2.16. The molecule has 0 radical (unpaired) electrons. The molecule has 1 unspecified atom stereocenters. The number of carbonyl (C=O) groups excluding carboxylic acids is 1. The standard InChI is InChI=1S/C15H24N2O3/c1-5-10(2)17-15(18)9-20-14-8-12(19-4)6-7-13(14)11(3)16/h6-8,10-11H,5,9,16H2,1-4H3,(H,17,18)/t10?,11-/m0/s1. The van der Waals surface area contributed by atoms with E-state index in [9.17, 15) is 4.79 Å². The zero-order valence-electron chi connectivity index (χ0n) is 12.6. The van der Waals surface area contributed by atoms with Gasteiger partial charge in [-0.15, -0.1) is 0 Å². The van der Waals surface area contributed by atoms with Crippen molar-refractivity contribution in [3.05, 3.63) is 23.8 Å². The van der Waals surface area contributed by atoms with Crippen LogP contribution in [0, 0.1) is 0 Å². The van der Waals surface area contributed by atoms with E-state index in [-0.39, 0.29) is 24.6 Å². The number of hydrogen-bond acceptors (Lipinski definition) is 4. The van der Waals surface area contributed by atoms with E-state index in [0.717, 1.165) is 12.0 Å². The molecule has 0 aliphatic heterocycles. The highest BCUT2D eigenvalue weighted by atomic mass is 16.5. The van der Waals surface area contributed by atoms with Crippen LogP contribution in [0.1, 0.15) is 38.8 Å². The Kier molecular flexibility index (Phi) is 6.31. The summed E-state index contributed by atoms with van der Waals surface area (Å²) in [6.07, 6.45) is 0.885. The smallest absolute Gasteiger partial charge is 0.258 e. The molecule has 0 bridgehead atoms. The fraction of sp³-hybridized carbons (Fsp3) is 0.533. The van der Waals surface area contributed by atoms with Crippen LogP contribution in [0.4, 0.5) is 0 Å². The van der Waals surface area contributed by atoms with Gasteiger partial charge in [0.2, 0.25) is 0 Å². The van der Waals surface area contributed by atoms with Gasteiger partial charge in [-0.1, -0.05) is 13.0 Å². The van der Waals surface area contributed by atoms with Gasteiger partial charge in [0.15, 0.2) is 6.61 Å². The van der Waals surface area contributed by atoms with E-state index in [1.165, 1.54) is 0 Å². The molecule has 0 saturated carbocycles. The highest BCUT2D eigenvalue weighted by molar-refractivity contribution is 5.77. The van der Waals surface area contributed by atoms with E-state index in [1.807, 2.05) is 32.9 Å². The number of amides is 1. The molecular weight excluding hydrogens is 256 g/mol. The molecule has 0 fully saturated rings. The summed E-state index contributed by atoms with van der Waals surface area (Å²) in [5.41, 5.74) is 6.74. The van der Waals surface area contributed by atoms with Gasteiger partial charge in [0, 0.05) is 23.7 Å². The normalized spacial score (nSPS) is 13.4. The van der Waals surface area contributed by atoms with Gasteiger partial charge in [-0.05, 0) is 26.3 Å². The number of carbonyl (C=O) groups is 1. The molecular formula is C15H24N2O3. The van der Waals surface area contributed by atoms with Crippen molar-refractivity contribution < 1.29 is 14.3 Å². The van der Waals surface area contributed by atoms with Crippen molar-refractivity contribution in [2.45, 2.75) is 39.3 Å². The average molecular weight is 280 g/mol. The fourth-order valence-electron chi connectivity index (χ4n) is 1.70. The number of hydrogen-bond donors (Lipinski definition) is 2. The van der Waals surface area contributed by atoms with Crippen LogP contribution in [0.2, 0.25) is 0 Å². The minimum absolute atomic E-state index is 0.0305. The van der Waals surface area contributed by atoms with Crippen LogP contribution >= 0.6 is 0 Å². The summed E-state index contributed by atoms with van der Waals surface area (Å²) >= 11 is 0. The van der Waals surface area contributed by atoms with Crippen LogP contribution < -0.4 is 20.5 Å². The number of ether oxygens (including phenoxy) is 2. The van der Waals surface area contributed by atoms with Gasteiger partial charge in [-0.25, -0.2) is 0 Å². The predicted octanol–water partition coefficient (Wildman–Crippen LogP) is 2.01. The Morgan fingerprint density at radius 2 is 2.10 bits per heavy atom. The number of rotatable bonds is 7. The summed E-state index contributed by atoms with van der Waals surface area (Å²) < 4.78 is 10.7. The zero-order valence-corrected chi connectivity index (χ0v) is 12.6. The zero-order chi connectivity index (χ0) is 15.1. The third-order valence-electron chi connectivity index (χ3n) is 3.09. The SMILES string of the molecule is CCC(C)NC(=O)COc1cc(OC)ccc1[C@H](C)N. The van der Waals surface area contributed by atoms with Gasteiger partial charge in [0.1, 0.15) is 11.5 Å². The lowest BCUT2D eigenvalue weighted by atomic mass is 10.1. The second kappa shape index (κ2) is 7.75. The molecule has 3 N–H and O–H groups in total. The van der Waals surface area contributed by atoms with Crippen molar-refractivity contribution in [1.82, 2.24) is 5.32 Å². The highest BCUT2D eigenvalue weighted by Crippen LogP contribution is 2.28. The summed E-state index contributed by atoms with van der Waals surface area (Å²) in [5, 5.41) is 2.85. The Balaban J connectivity index is 2.72. The molecule has 1 aromatic carbocycles. The van der Waals surface area contributed by atoms with Crippen LogP contribution in [-0.4, -0.2) is 25.7 Å². The topological polar surface area (TPSA) is 73.6 Å². The average Bonchev–Trinajstić information content (AvgIpc) is 2.44. The van der Waals surface area contributed by atoms with E-state index >= 15 is 0 Å². The van der Waals surface area contributed by atoms with E-state index in [1.54, 1.807) is 13.2 Å². The fourth-order valence-corrected chi connectivity index (χ4v) is 1.70. The summed E-state index contributed by atoms with van der Waals surface area (Å²) in [6, 6.07) is 5.39. The third-order valence-corrected chi connectivity index (χ3v) is 3.09. The summed E-state index contributed by atoms with van der Waals surface area (Å²) in [4.78, 5) is 11.7. The first-order chi connectivity index (χ1) is 9.47. The van der Waals surface area contributed by atoms with Gasteiger partial charge in [-0.3, -0.25) is 4.79 Å². The van der Waals surface area contributed by atoms with Crippen molar-refractivity contribution in [2.24, 2.45) is 5.73 Å². The monoisotopic (exact) mass is 280 g/mol. The molecule has 0 heterocycles. The molecule has 2 atom stereocenters. The molecule has 1 aromatic rings. The van der Waals surface area contributed by atoms with Crippen LogP contribution in [0.25, 0.3) is 0 Å². The van der Waals surface area contributed by atoms with Crippen LogP contribution in [0.3, 0.4) is 0 Å². The summed E-state index contributed by atoms with van der Waals surface area (Å²) in [7, 11) is 1.58. The van der Waals surface area contributed by atoms with Crippen molar-refractivity contribution in [2.75, 3.05) is 13.7 Å². The molecule has 5 nitrogen and oxygen atoms in total. The number of nitrogens with one attached hydrogen (secondary N) is 1. The van der Waals surface area contributed by atoms with Crippen molar-refractivity contribution in [3.8, 4) is 11.5 Å². The maximum Gasteiger partial charge on any atom is 0.258 e. The largest absolute Gasteiger partial charge is 0.497 e. The van der Waals surface area contributed by atoms with E-state index < -0.39 is 0 Å². The van der Waals surface area contributed by atoms with Crippen molar-refractivity contribution in [3.63, 3.8) is 0 Å². The Bertz CT molecular complexity index is 447. The van der Waals surface area contributed by atoms with Crippen LogP contribution in [0.15, 0.2) is 18.2 Å². The first-order valence-electron chi connectivity index (χ1n) is 6.83. The highest BCUT2D eigenvalue weighted by Gasteiger charge is 2.12. The van der Waals surface area contributed by atoms with Gasteiger partial charge in [-0.2, -0.15) is 0 Å². The first kappa shape index (κ1) is 16.3. The second-order valence-corrected chi connectivity index (χ2v) is 4.86. The molecule has 0 aliphatic rings. The van der Waals surface area contributed by atoms with Crippen molar-refractivity contribution >= 4 is 5.91 Å². The maximum absolute atomic E-state index is 11.7. The summed E-state index contributed by atoms with van der Waals surface area (Å²) in [6.45, 7) is 5.81. The van der Waals surface area contributed by atoms with Gasteiger partial charge < -0.3 is 20.5 Å². The second-order valence-electron chi connectivity index (χ2n) is 4.86. The van der Waals surface area contributed by atoms with Crippen molar-refractivity contribution in [1.29, 1.82) is 0 Å². The number of nitrogens with two attached hydrogens (primary N) is 1. The lowest BCUT2D eigenvalue weighted by Crippen LogP contribution is -2.35. The van der Waals surface area contributed by atoms with Gasteiger partial charge in [0.25, 0.3) is 5.91 Å². The van der Waals surface area contributed by atoms with E-state index in [4.69, 9.17) is 15.2 Å². The van der Waals surface area contributed by atoms with Gasteiger partial charge in [0.05, 0.1) is 7.11 Å². The number of methoxy groups -OCH3 is 1. The predicted molar refractivity (Wildman–Crippen MR) is 79.0 cm³/mol. The molecule has 0 spiro atoms. The quantitative estimate of drug-likeness (QED) is 0.801. The number of benzene rings is 1. The Morgan fingerprint density at radius 1 is 1.40 bits per heavy atom. The Hall–Kier alpha value is -1.75. The molecule has 5 heteroatoms. The van der Waals surface area contributed by atoms with E-state index in [2.05, 4.69) is 5.32 Å². The minimum atomic E-state index is -0.173. The Morgan fingerprint density at radius 3 is 2.65 bits per heavy atom. The van der Waals surface area contributed by atoms with Gasteiger partial charge >= 0.3 is 0 Å². The van der Waals surface area contributed by atoms with Crippen LogP contribution in [0.5, 0.6) is 11.5 Å². The molecule has 0 saturated heterocycles. The summed E-state index contributed by atoms with van der Waals surface area (Å²) in [5.74, 6) is 1.11. The first-order valence-corrected chi connectivity index (χ1v) is 6.83. The molecule has 0 aromatic heterocycles.